The molecule has 0 bridgehead atoms. The van der Waals surface area contributed by atoms with Crippen LogP contribution < -0.4 is 0 Å². The molecule has 0 unspecified atom stereocenters. The summed E-state index contributed by atoms with van der Waals surface area (Å²) >= 11 is 2.75. The SMILES string of the molecule is CCc1nsc(Sc2cc(C)c(F)cc2[C@H](C)O)n1. The molecule has 19 heavy (non-hydrogen) atoms. The van der Waals surface area contributed by atoms with Crippen LogP contribution in [0.1, 0.15) is 36.9 Å². The van der Waals surface area contributed by atoms with Gasteiger partial charge in [-0.2, -0.15) is 4.37 Å². The van der Waals surface area contributed by atoms with Crippen LogP contribution in [-0.2, 0) is 6.42 Å². The molecule has 0 radical (unpaired) electrons. The van der Waals surface area contributed by atoms with E-state index in [0.717, 1.165) is 21.5 Å². The van der Waals surface area contributed by atoms with Gasteiger partial charge in [0.25, 0.3) is 0 Å². The van der Waals surface area contributed by atoms with E-state index in [9.17, 15) is 9.50 Å². The van der Waals surface area contributed by atoms with Crippen LogP contribution in [0, 0.1) is 12.7 Å². The maximum absolute atomic E-state index is 13.6. The second-order valence-electron chi connectivity index (χ2n) is 4.25. The standard InChI is InChI=1S/C13H15FN2OS2/c1-4-12-15-13(19-16-12)18-11-5-7(2)10(14)6-9(11)8(3)17/h5-6,8,17H,4H2,1-3H3/t8-/m0/s1. The van der Waals surface area contributed by atoms with Crippen molar-refractivity contribution in [3.05, 3.63) is 34.9 Å². The molecule has 6 heteroatoms. The first-order valence-electron chi connectivity index (χ1n) is 5.99. The van der Waals surface area contributed by atoms with Gasteiger partial charge in [0, 0.05) is 11.3 Å². The Morgan fingerprint density at radius 2 is 2.21 bits per heavy atom. The number of hydrogen-bond donors (Lipinski definition) is 1. The number of aromatic nitrogens is 2. The highest BCUT2D eigenvalue weighted by atomic mass is 32.2. The summed E-state index contributed by atoms with van der Waals surface area (Å²) in [5.74, 6) is 0.511. The van der Waals surface area contributed by atoms with Crippen LogP contribution in [0.2, 0.25) is 0 Å². The van der Waals surface area contributed by atoms with Gasteiger partial charge in [0.2, 0.25) is 0 Å². The molecule has 1 aromatic heterocycles. The monoisotopic (exact) mass is 298 g/mol. The average Bonchev–Trinajstić information content (AvgIpc) is 2.81. The molecule has 0 aliphatic rings. The summed E-state index contributed by atoms with van der Waals surface area (Å²) in [6, 6.07) is 3.14. The maximum Gasteiger partial charge on any atom is 0.174 e. The summed E-state index contributed by atoms with van der Waals surface area (Å²) in [5.41, 5.74) is 1.15. The van der Waals surface area contributed by atoms with E-state index in [0.29, 0.717) is 11.1 Å². The van der Waals surface area contributed by atoms with Crippen molar-refractivity contribution in [2.24, 2.45) is 0 Å². The number of benzene rings is 1. The molecular formula is C13H15FN2OS2. The molecule has 0 aliphatic heterocycles. The molecule has 1 N–H and O–H groups in total. The lowest BCUT2D eigenvalue weighted by atomic mass is 10.1. The predicted molar refractivity (Wildman–Crippen MR) is 75.2 cm³/mol. The molecule has 0 saturated carbocycles. The number of hydrogen-bond acceptors (Lipinski definition) is 5. The number of aryl methyl sites for hydroxylation is 2. The third kappa shape index (κ3) is 3.32. The summed E-state index contributed by atoms with van der Waals surface area (Å²) in [4.78, 5) is 5.20. The summed E-state index contributed by atoms with van der Waals surface area (Å²) in [6.07, 6.45) is 0.0825. The van der Waals surface area contributed by atoms with Crippen LogP contribution in [0.25, 0.3) is 0 Å². The fourth-order valence-corrected chi connectivity index (χ4v) is 3.55. The lowest BCUT2D eigenvalue weighted by Gasteiger charge is -2.12. The lowest BCUT2D eigenvalue weighted by molar-refractivity contribution is 0.196. The fourth-order valence-electron chi connectivity index (χ4n) is 1.60. The Labute approximate surface area is 120 Å². The van der Waals surface area contributed by atoms with Crippen molar-refractivity contribution in [2.75, 3.05) is 0 Å². The highest BCUT2D eigenvalue weighted by Crippen LogP contribution is 2.35. The first-order chi connectivity index (χ1) is 9.01. The number of aliphatic hydroxyl groups is 1. The Hall–Kier alpha value is -0.980. The van der Waals surface area contributed by atoms with Crippen molar-refractivity contribution in [3.8, 4) is 0 Å². The smallest absolute Gasteiger partial charge is 0.174 e. The van der Waals surface area contributed by atoms with Crippen LogP contribution in [0.15, 0.2) is 21.4 Å². The Morgan fingerprint density at radius 3 is 2.79 bits per heavy atom. The van der Waals surface area contributed by atoms with E-state index in [-0.39, 0.29) is 5.82 Å². The van der Waals surface area contributed by atoms with Crippen molar-refractivity contribution < 1.29 is 9.50 Å². The van der Waals surface area contributed by atoms with Gasteiger partial charge in [0.05, 0.1) is 6.10 Å². The molecule has 0 saturated heterocycles. The third-order valence-corrected chi connectivity index (χ3v) is 4.57. The van der Waals surface area contributed by atoms with Gasteiger partial charge in [-0.3, -0.25) is 0 Å². The number of aliphatic hydroxyl groups excluding tert-OH is 1. The fraction of sp³-hybridized carbons (Fsp3) is 0.385. The Balaban J connectivity index is 2.35. The van der Waals surface area contributed by atoms with E-state index in [4.69, 9.17) is 0 Å². The topological polar surface area (TPSA) is 46.0 Å². The molecule has 102 valence electrons. The minimum absolute atomic E-state index is 0.299. The molecule has 2 rings (SSSR count). The second-order valence-corrected chi connectivity index (χ2v) is 6.29. The molecule has 0 amide bonds. The minimum Gasteiger partial charge on any atom is -0.389 e. The summed E-state index contributed by atoms with van der Waals surface area (Å²) < 4.78 is 18.6. The number of halogens is 1. The van der Waals surface area contributed by atoms with E-state index < -0.39 is 6.10 Å². The normalized spacial score (nSPS) is 12.7. The van der Waals surface area contributed by atoms with Gasteiger partial charge < -0.3 is 5.11 Å². The molecule has 1 atom stereocenters. The van der Waals surface area contributed by atoms with Crippen LogP contribution in [0.5, 0.6) is 0 Å². The van der Waals surface area contributed by atoms with Gasteiger partial charge in [-0.25, -0.2) is 9.37 Å². The predicted octanol–water partition coefficient (Wildman–Crippen LogP) is 3.75. The van der Waals surface area contributed by atoms with E-state index in [1.807, 2.05) is 6.92 Å². The highest BCUT2D eigenvalue weighted by Gasteiger charge is 2.14. The molecule has 0 fully saturated rings. The number of nitrogens with zero attached hydrogens (tertiary/aromatic N) is 2. The van der Waals surface area contributed by atoms with Crippen LogP contribution in [-0.4, -0.2) is 14.5 Å². The van der Waals surface area contributed by atoms with Crippen molar-refractivity contribution in [2.45, 2.75) is 42.5 Å². The van der Waals surface area contributed by atoms with E-state index >= 15 is 0 Å². The zero-order valence-corrected chi connectivity index (χ0v) is 12.6. The minimum atomic E-state index is -0.712. The zero-order chi connectivity index (χ0) is 14.0. The van der Waals surface area contributed by atoms with Crippen molar-refractivity contribution in [3.63, 3.8) is 0 Å². The van der Waals surface area contributed by atoms with Crippen molar-refractivity contribution in [1.29, 1.82) is 0 Å². The van der Waals surface area contributed by atoms with Gasteiger partial charge in [-0.05, 0) is 48.6 Å². The first kappa shape index (κ1) is 14.4. The van der Waals surface area contributed by atoms with Gasteiger partial charge >= 0.3 is 0 Å². The Kier molecular flexibility index (Phi) is 4.54. The second kappa shape index (κ2) is 5.98. The lowest BCUT2D eigenvalue weighted by Crippen LogP contribution is -1.97. The van der Waals surface area contributed by atoms with Gasteiger partial charge in [0.15, 0.2) is 4.34 Å². The van der Waals surface area contributed by atoms with E-state index in [1.54, 1.807) is 19.9 Å². The van der Waals surface area contributed by atoms with Gasteiger partial charge in [-0.1, -0.05) is 18.7 Å². The van der Waals surface area contributed by atoms with Crippen molar-refractivity contribution in [1.82, 2.24) is 9.36 Å². The maximum atomic E-state index is 13.6. The first-order valence-corrected chi connectivity index (χ1v) is 7.58. The van der Waals surface area contributed by atoms with E-state index in [1.165, 1.54) is 29.4 Å². The molecule has 0 spiro atoms. The molecule has 0 aliphatic carbocycles. The van der Waals surface area contributed by atoms with Crippen LogP contribution in [0.3, 0.4) is 0 Å². The van der Waals surface area contributed by atoms with Gasteiger partial charge in [-0.15, -0.1) is 0 Å². The summed E-state index contributed by atoms with van der Waals surface area (Å²) in [5, 5.41) is 9.74. The van der Waals surface area contributed by atoms with Gasteiger partial charge in [0.1, 0.15) is 11.6 Å². The molecule has 3 nitrogen and oxygen atoms in total. The molecule has 1 aromatic carbocycles. The molecule has 2 aromatic rings. The zero-order valence-electron chi connectivity index (χ0n) is 11.0. The quantitative estimate of drug-likeness (QED) is 0.933. The largest absolute Gasteiger partial charge is 0.389 e. The van der Waals surface area contributed by atoms with Crippen molar-refractivity contribution >= 4 is 23.3 Å². The Bertz CT molecular complexity index is 584. The van der Waals surface area contributed by atoms with Crippen LogP contribution in [0.4, 0.5) is 4.39 Å². The molecular weight excluding hydrogens is 283 g/mol. The average molecular weight is 298 g/mol. The third-order valence-electron chi connectivity index (χ3n) is 2.70. The molecule has 1 heterocycles. The Morgan fingerprint density at radius 1 is 1.47 bits per heavy atom. The number of rotatable bonds is 4. The highest BCUT2D eigenvalue weighted by molar-refractivity contribution is 8.01. The summed E-state index contributed by atoms with van der Waals surface area (Å²) in [6.45, 7) is 5.34. The summed E-state index contributed by atoms with van der Waals surface area (Å²) in [7, 11) is 0. The van der Waals surface area contributed by atoms with E-state index in [2.05, 4.69) is 9.36 Å². The van der Waals surface area contributed by atoms with Crippen LogP contribution >= 0.6 is 23.3 Å².